The van der Waals surface area contributed by atoms with Gasteiger partial charge in [-0.15, -0.1) is 0 Å². The van der Waals surface area contributed by atoms with E-state index in [1.165, 1.54) is 21.8 Å². The number of pyridine rings is 1. The highest BCUT2D eigenvalue weighted by molar-refractivity contribution is 6.09. The molecule has 0 aliphatic heterocycles. The Hall–Kier alpha value is -8.21. The molecule has 3 aromatic heterocycles. The third-order valence-electron chi connectivity index (χ3n) is 11.4. The molecule has 0 radical (unpaired) electrons. The largest absolute Gasteiger partial charge is 0.309 e. The van der Waals surface area contributed by atoms with Crippen LogP contribution in [0.15, 0.2) is 231 Å². The molecule has 0 fully saturated rings. The first-order chi connectivity index (χ1) is 30.2. The van der Waals surface area contributed by atoms with Gasteiger partial charge in [0.05, 0.1) is 33.8 Å². The van der Waals surface area contributed by atoms with Gasteiger partial charge in [0.1, 0.15) is 0 Å². The lowest BCUT2D eigenvalue weighted by molar-refractivity contribution is 1.18. The van der Waals surface area contributed by atoms with Crippen molar-refractivity contribution in [2.75, 3.05) is 0 Å². The Morgan fingerprint density at radius 1 is 0.246 bits per heavy atom. The zero-order valence-electron chi connectivity index (χ0n) is 33.2. The highest BCUT2D eigenvalue weighted by atomic mass is 15.0. The van der Waals surface area contributed by atoms with Gasteiger partial charge in [-0.3, -0.25) is 0 Å². The van der Waals surface area contributed by atoms with Crippen molar-refractivity contribution in [1.82, 2.24) is 19.5 Å². The second-order valence-electron chi connectivity index (χ2n) is 15.3. The second kappa shape index (κ2) is 15.5. The number of fused-ring (bicyclic) bond motifs is 3. The quantitative estimate of drug-likeness (QED) is 0.154. The number of rotatable bonds is 8. The summed E-state index contributed by atoms with van der Waals surface area (Å²) >= 11 is 0. The zero-order valence-corrected chi connectivity index (χ0v) is 33.2. The lowest BCUT2D eigenvalue weighted by atomic mass is 9.98. The molecule has 0 unspecified atom stereocenters. The summed E-state index contributed by atoms with van der Waals surface area (Å²) in [4.78, 5) is 15.3. The molecule has 11 aromatic rings. The lowest BCUT2D eigenvalue weighted by Gasteiger charge is -2.12. The maximum absolute atomic E-state index is 5.21. The van der Waals surface area contributed by atoms with Crippen molar-refractivity contribution in [3.8, 4) is 84.4 Å². The summed E-state index contributed by atoms with van der Waals surface area (Å²) in [5, 5.41) is 2.53. The maximum atomic E-state index is 5.21. The Morgan fingerprint density at radius 3 is 1.21 bits per heavy atom. The van der Waals surface area contributed by atoms with Crippen LogP contribution in [0.4, 0.5) is 0 Å². The van der Waals surface area contributed by atoms with Gasteiger partial charge in [-0.2, -0.15) is 0 Å². The summed E-state index contributed by atoms with van der Waals surface area (Å²) < 4.78 is 2.35. The van der Waals surface area contributed by atoms with Crippen molar-refractivity contribution in [2.45, 2.75) is 0 Å². The van der Waals surface area contributed by atoms with Crippen LogP contribution in [0.25, 0.3) is 106 Å². The van der Waals surface area contributed by atoms with Crippen LogP contribution in [0, 0.1) is 0 Å². The van der Waals surface area contributed by atoms with E-state index in [0.29, 0.717) is 5.82 Å². The molecular weight excluding hydrogens is 741 g/mol. The third kappa shape index (κ3) is 6.96. The van der Waals surface area contributed by atoms with Crippen molar-refractivity contribution in [3.05, 3.63) is 231 Å². The van der Waals surface area contributed by atoms with Gasteiger partial charge in [0.2, 0.25) is 0 Å². The molecule has 0 saturated heterocycles. The van der Waals surface area contributed by atoms with Crippen LogP contribution in [-0.4, -0.2) is 19.5 Å². The topological polar surface area (TPSA) is 43.6 Å². The SMILES string of the molecule is c1ccc(-c2cc(-c3cccc(-c4cccc(-c5cccc(-c6cccc(-c7ccc(-n8c9ccccc9c9ccccc98)cc7)c6)n5)c4)c3)nc(-c3ccccc3)n2)cc1. The van der Waals surface area contributed by atoms with Crippen LogP contribution in [0.3, 0.4) is 0 Å². The number of para-hydroxylation sites is 2. The first kappa shape index (κ1) is 35.9. The van der Waals surface area contributed by atoms with E-state index in [0.717, 1.165) is 78.5 Å². The number of aromatic nitrogens is 4. The Bertz CT molecular complexity index is 3240. The summed E-state index contributed by atoms with van der Waals surface area (Å²) in [7, 11) is 0. The van der Waals surface area contributed by atoms with Crippen LogP contribution in [-0.2, 0) is 0 Å². The minimum Gasteiger partial charge on any atom is -0.309 e. The van der Waals surface area contributed by atoms with E-state index in [-0.39, 0.29) is 0 Å². The van der Waals surface area contributed by atoms with E-state index in [1.807, 2.05) is 36.4 Å². The smallest absolute Gasteiger partial charge is 0.160 e. The Labute approximate surface area is 354 Å². The van der Waals surface area contributed by atoms with E-state index in [1.54, 1.807) is 0 Å². The molecule has 0 spiro atoms. The van der Waals surface area contributed by atoms with Crippen LogP contribution in [0.5, 0.6) is 0 Å². The molecule has 286 valence electrons. The fourth-order valence-corrected chi connectivity index (χ4v) is 8.40. The summed E-state index contributed by atoms with van der Waals surface area (Å²) in [5.74, 6) is 0.703. The molecule has 11 rings (SSSR count). The molecule has 8 aromatic carbocycles. The molecule has 4 heteroatoms. The normalized spacial score (nSPS) is 11.3. The van der Waals surface area contributed by atoms with Crippen LogP contribution in [0.2, 0.25) is 0 Å². The zero-order chi connectivity index (χ0) is 40.5. The molecule has 0 atom stereocenters. The van der Waals surface area contributed by atoms with Gasteiger partial charge in [0, 0.05) is 44.3 Å². The molecule has 0 aliphatic carbocycles. The number of nitrogens with zero attached hydrogens (tertiary/aromatic N) is 4. The predicted molar refractivity (Wildman–Crippen MR) is 252 cm³/mol. The first-order valence-electron chi connectivity index (χ1n) is 20.6. The first-order valence-corrected chi connectivity index (χ1v) is 20.6. The molecule has 0 aliphatic rings. The number of hydrogen-bond acceptors (Lipinski definition) is 3. The molecule has 0 saturated carbocycles. The Morgan fingerprint density at radius 2 is 0.656 bits per heavy atom. The fourth-order valence-electron chi connectivity index (χ4n) is 8.40. The fraction of sp³-hybridized carbons (Fsp3) is 0. The molecule has 61 heavy (non-hydrogen) atoms. The minimum atomic E-state index is 0.703. The van der Waals surface area contributed by atoms with E-state index in [9.17, 15) is 0 Å². The molecular formula is C57H38N4. The maximum Gasteiger partial charge on any atom is 0.160 e. The Kier molecular flexibility index (Phi) is 9.14. The van der Waals surface area contributed by atoms with Gasteiger partial charge < -0.3 is 4.57 Å². The standard InChI is InChI=1S/C57H38N4/c1-3-15-40(16-4-1)53-38-54(60-57(59-53)41-17-5-2-6-18-41)47-24-13-21-44(37-47)43-20-12-23-46(36-43)52-28-14-27-51(58-52)45-22-11-19-42(35-45)39-31-33-48(34-32-39)61-55-29-9-7-25-49(55)50-26-8-10-30-56(50)61/h1-38H. The number of hydrogen-bond donors (Lipinski definition) is 0. The van der Waals surface area contributed by atoms with Crippen LogP contribution in [0.1, 0.15) is 0 Å². The van der Waals surface area contributed by atoms with Crippen LogP contribution >= 0.6 is 0 Å². The van der Waals surface area contributed by atoms with Gasteiger partial charge in [-0.1, -0.05) is 170 Å². The van der Waals surface area contributed by atoms with Crippen molar-refractivity contribution in [3.63, 3.8) is 0 Å². The van der Waals surface area contributed by atoms with E-state index in [2.05, 4.69) is 199 Å². The average Bonchev–Trinajstić information content (AvgIpc) is 3.69. The lowest BCUT2D eigenvalue weighted by Crippen LogP contribution is -1.96. The highest BCUT2D eigenvalue weighted by Crippen LogP contribution is 2.35. The van der Waals surface area contributed by atoms with Crippen LogP contribution < -0.4 is 0 Å². The summed E-state index contributed by atoms with van der Waals surface area (Å²) in [6.07, 6.45) is 0. The van der Waals surface area contributed by atoms with Crippen molar-refractivity contribution >= 4 is 21.8 Å². The molecule has 3 heterocycles. The summed E-state index contributed by atoms with van der Waals surface area (Å²) in [6.45, 7) is 0. The highest BCUT2D eigenvalue weighted by Gasteiger charge is 2.14. The monoisotopic (exact) mass is 778 g/mol. The van der Waals surface area contributed by atoms with E-state index >= 15 is 0 Å². The van der Waals surface area contributed by atoms with E-state index < -0.39 is 0 Å². The predicted octanol–water partition coefficient (Wildman–Crippen LogP) is 14.6. The molecule has 0 bridgehead atoms. The summed E-state index contributed by atoms with van der Waals surface area (Å²) in [5.41, 5.74) is 16.9. The van der Waals surface area contributed by atoms with Crippen molar-refractivity contribution in [1.29, 1.82) is 0 Å². The van der Waals surface area contributed by atoms with Gasteiger partial charge in [-0.25, -0.2) is 15.0 Å². The van der Waals surface area contributed by atoms with E-state index in [4.69, 9.17) is 15.0 Å². The summed E-state index contributed by atoms with van der Waals surface area (Å²) in [6, 6.07) is 80.9. The Balaban J connectivity index is 0.886. The average molecular weight is 779 g/mol. The van der Waals surface area contributed by atoms with Gasteiger partial charge in [-0.05, 0) is 82.9 Å². The molecule has 4 nitrogen and oxygen atoms in total. The van der Waals surface area contributed by atoms with Gasteiger partial charge in [0.15, 0.2) is 5.82 Å². The number of benzene rings is 8. The molecule has 0 amide bonds. The second-order valence-corrected chi connectivity index (χ2v) is 15.3. The molecule has 0 N–H and O–H groups in total. The van der Waals surface area contributed by atoms with Crippen molar-refractivity contribution in [2.24, 2.45) is 0 Å². The minimum absolute atomic E-state index is 0.703. The van der Waals surface area contributed by atoms with Gasteiger partial charge >= 0.3 is 0 Å². The third-order valence-corrected chi connectivity index (χ3v) is 11.4. The van der Waals surface area contributed by atoms with Gasteiger partial charge in [0.25, 0.3) is 0 Å². The van der Waals surface area contributed by atoms with Crippen molar-refractivity contribution < 1.29 is 0 Å².